The van der Waals surface area contributed by atoms with E-state index in [1.165, 1.54) is 5.56 Å². The molecule has 1 fully saturated rings. The Labute approximate surface area is 136 Å². The summed E-state index contributed by atoms with van der Waals surface area (Å²) >= 11 is 0. The third-order valence-electron chi connectivity index (χ3n) is 4.47. The number of rotatable bonds is 3. The maximum absolute atomic E-state index is 12.4. The molecule has 0 spiro atoms. The van der Waals surface area contributed by atoms with Gasteiger partial charge in [0, 0.05) is 31.9 Å². The topological polar surface area (TPSA) is 48.7 Å². The van der Waals surface area contributed by atoms with E-state index in [1.54, 1.807) is 6.26 Å². The lowest BCUT2D eigenvalue weighted by Crippen LogP contribution is -2.49. The molecule has 23 heavy (non-hydrogen) atoms. The van der Waals surface area contributed by atoms with Gasteiger partial charge in [0.1, 0.15) is 5.76 Å². The molecule has 1 aromatic heterocycles. The van der Waals surface area contributed by atoms with E-state index in [-0.39, 0.29) is 6.03 Å². The van der Waals surface area contributed by atoms with E-state index >= 15 is 0 Å². The van der Waals surface area contributed by atoms with Gasteiger partial charge in [0.25, 0.3) is 0 Å². The molecule has 1 aromatic carbocycles. The molecule has 1 aliphatic heterocycles. The number of urea groups is 1. The Kier molecular flexibility index (Phi) is 4.67. The van der Waals surface area contributed by atoms with Crippen molar-refractivity contribution in [3.05, 3.63) is 53.5 Å². The van der Waals surface area contributed by atoms with E-state index in [2.05, 4.69) is 23.2 Å². The van der Waals surface area contributed by atoms with E-state index in [4.69, 9.17) is 4.42 Å². The minimum atomic E-state index is -0.0173. The number of hydrogen-bond donors (Lipinski definition) is 1. The Bertz CT molecular complexity index is 659. The molecule has 0 atom stereocenters. The highest BCUT2D eigenvalue weighted by Gasteiger charge is 2.22. The van der Waals surface area contributed by atoms with Gasteiger partial charge in [0.15, 0.2) is 0 Å². The van der Waals surface area contributed by atoms with Crippen molar-refractivity contribution in [3.8, 4) is 0 Å². The van der Waals surface area contributed by atoms with Crippen LogP contribution >= 0.6 is 0 Å². The van der Waals surface area contributed by atoms with Crippen LogP contribution in [-0.4, -0.2) is 42.0 Å². The first-order valence-corrected chi connectivity index (χ1v) is 8.00. The molecule has 1 N–H and O–H groups in total. The Balaban J connectivity index is 1.53. The van der Waals surface area contributed by atoms with Gasteiger partial charge in [0.05, 0.1) is 12.8 Å². The molecule has 1 aliphatic rings. The Hall–Kier alpha value is -2.27. The molecular formula is C18H23N3O2. The molecule has 5 heteroatoms. The van der Waals surface area contributed by atoms with Crippen LogP contribution in [0.15, 0.2) is 41.0 Å². The van der Waals surface area contributed by atoms with Crippen LogP contribution in [0, 0.1) is 13.8 Å². The Morgan fingerprint density at radius 2 is 1.91 bits per heavy atom. The van der Waals surface area contributed by atoms with Crippen LogP contribution in [-0.2, 0) is 6.54 Å². The number of carbonyl (C=O) groups is 1. The van der Waals surface area contributed by atoms with Gasteiger partial charge in [-0.1, -0.05) is 12.1 Å². The van der Waals surface area contributed by atoms with Gasteiger partial charge in [-0.05, 0) is 43.2 Å². The fourth-order valence-electron chi connectivity index (χ4n) is 2.81. The predicted octanol–water partition coefficient (Wildman–Crippen LogP) is 3.25. The maximum Gasteiger partial charge on any atom is 0.321 e. The zero-order valence-electron chi connectivity index (χ0n) is 13.7. The molecule has 2 heterocycles. The van der Waals surface area contributed by atoms with E-state index in [0.717, 1.165) is 49.7 Å². The highest BCUT2D eigenvalue weighted by Crippen LogP contribution is 2.19. The van der Waals surface area contributed by atoms with Crippen LogP contribution < -0.4 is 5.32 Å². The molecule has 2 amide bonds. The fraction of sp³-hybridized carbons (Fsp3) is 0.389. The normalized spacial score (nSPS) is 15.7. The van der Waals surface area contributed by atoms with Crippen molar-refractivity contribution >= 4 is 11.7 Å². The first-order chi connectivity index (χ1) is 11.1. The second-order valence-corrected chi connectivity index (χ2v) is 6.02. The lowest BCUT2D eigenvalue weighted by Gasteiger charge is -2.34. The summed E-state index contributed by atoms with van der Waals surface area (Å²) in [7, 11) is 0. The number of nitrogens with one attached hydrogen (secondary N) is 1. The van der Waals surface area contributed by atoms with Gasteiger partial charge in [-0.3, -0.25) is 4.90 Å². The third-order valence-corrected chi connectivity index (χ3v) is 4.47. The second-order valence-electron chi connectivity index (χ2n) is 6.02. The average molecular weight is 313 g/mol. The summed E-state index contributed by atoms with van der Waals surface area (Å²) in [6.45, 7) is 8.08. The van der Waals surface area contributed by atoms with E-state index in [0.29, 0.717) is 0 Å². The zero-order valence-corrected chi connectivity index (χ0v) is 13.7. The van der Waals surface area contributed by atoms with Gasteiger partial charge in [-0.2, -0.15) is 0 Å². The van der Waals surface area contributed by atoms with Crippen molar-refractivity contribution in [2.24, 2.45) is 0 Å². The number of benzene rings is 1. The van der Waals surface area contributed by atoms with Crippen LogP contribution in [0.1, 0.15) is 16.9 Å². The van der Waals surface area contributed by atoms with Crippen molar-refractivity contribution in [3.63, 3.8) is 0 Å². The van der Waals surface area contributed by atoms with Crippen molar-refractivity contribution in [1.29, 1.82) is 0 Å². The molecule has 0 radical (unpaired) electrons. The van der Waals surface area contributed by atoms with Crippen LogP contribution in [0.25, 0.3) is 0 Å². The molecule has 0 bridgehead atoms. The largest absolute Gasteiger partial charge is 0.468 e. The van der Waals surface area contributed by atoms with Crippen LogP contribution in [0.5, 0.6) is 0 Å². The molecule has 0 unspecified atom stereocenters. The number of carbonyl (C=O) groups excluding carboxylic acids is 1. The van der Waals surface area contributed by atoms with Crippen molar-refractivity contribution < 1.29 is 9.21 Å². The predicted molar refractivity (Wildman–Crippen MR) is 90.5 cm³/mol. The SMILES string of the molecule is Cc1cccc(NC(=O)N2CCN(Cc3ccco3)CC2)c1C. The summed E-state index contributed by atoms with van der Waals surface area (Å²) in [5, 5.41) is 3.03. The molecule has 1 saturated heterocycles. The first kappa shape index (κ1) is 15.6. The quantitative estimate of drug-likeness (QED) is 0.946. The summed E-state index contributed by atoms with van der Waals surface area (Å²) in [6, 6.07) is 9.85. The summed E-state index contributed by atoms with van der Waals surface area (Å²) in [4.78, 5) is 16.6. The number of nitrogens with zero attached hydrogens (tertiary/aromatic N) is 2. The summed E-state index contributed by atoms with van der Waals surface area (Å²) in [6.07, 6.45) is 1.70. The molecule has 2 aromatic rings. The maximum atomic E-state index is 12.4. The van der Waals surface area contributed by atoms with Crippen LogP contribution in [0.4, 0.5) is 10.5 Å². The average Bonchev–Trinajstić information content (AvgIpc) is 3.05. The number of furan rings is 1. The van der Waals surface area contributed by atoms with Gasteiger partial charge in [0.2, 0.25) is 0 Å². The lowest BCUT2D eigenvalue weighted by molar-refractivity contribution is 0.137. The van der Waals surface area contributed by atoms with Gasteiger partial charge < -0.3 is 14.6 Å². The first-order valence-electron chi connectivity index (χ1n) is 8.00. The van der Waals surface area contributed by atoms with E-state index < -0.39 is 0 Å². The highest BCUT2D eigenvalue weighted by atomic mass is 16.3. The van der Waals surface area contributed by atoms with Gasteiger partial charge >= 0.3 is 6.03 Å². The van der Waals surface area contributed by atoms with E-state index in [9.17, 15) is 4.79 Å². The van der Waals surface area contributed by atoms with Crippen LogP contribution in [0.2, 0.25) is 0 Å². The number of piperazine rings is 1. The molecule has 0 aliphatic carbocycles. The fourth-order valence-corrected chi connectivity index (χ4v) is 2.81. The molecule has 3 rings (SSSR count). The number of anilines is 1. The summed E-state index contributed by atoms with van der Waals surface area (Å²) in [5.41, 5.74) is 3.20. The summed E-state index contributed by atoms with van der Waals surface area (Å²) in [5.74, 6) is 0.971. The Morgan fingerprint density at radius 3 is 2.61 bits per heavy atom. The highest BCUT2D eigenvalue weighted by molar-refractivity contribution is 5.90. The molecular weight excluding hydrogens is 290 g/mol. The van der Waals surface area contributed by atoms with Gasteiger partial charge in [-0.15, -0.1) is 0 Å². The number of amides is 2. The Morgan fingerprint density at radius 1 is 1.13 bits per heavy atom. The minimum absolute atomic E-state index is 0.0173. The zero-order chi connectivity index (χ0) is 16.2. The van der Waals surface area contributed by atoms with Crippen molar-refractivity contribution in [2.45, 2.75) is 20.4 Å². The van der Waals surface area contributed by atoms with Crippen molar-refractivity contribution in [1.82, 2.24) is 9.80 Å². The third kappa shape index (κ3) is 3.74. The second kappa shape index (κ2) is 6.87. The van der Waals surface area contributed by atoms with Crippen LogP contribution in [0.3, 0.4) is 0 Å². The smallest absolute Gasteiger partial charge is 0.321 e. The minimum Gasteiger partial charge on any atom is -0.468 e. The molecule has 0 saturated carbocycles. The lowest BCUT2D eigenvalue weighted by atomic mass is 10.1. The standard InChI is InChI=1S/C18H23N3O2/c1-14-5-3-7-17(15(14)2)19-18(22)21-10-8-20(9-11-21)13-16-6-4-12-23-16/h3-7,12H,8-11,13H2,1-2H3,(H,19,22). The summed E-state index contributed by atoms with van der Waals surface area (Å²) < 4.78 is 5.38. The molecule has 5 nitrogen and oxygen atoms in total. The van der Waals surface area contributed by atoms with Crippen molar-refractivity contribution in [2.75, 3.05) is 31.5 Å². The monoisotopic (exact) mass is 313 g/mol. The molecule has 122 valence electrons. The number of hydrogen-bond acceptors (Lipinski definition) is 3. The van der Waals surface area contributed by atoms with Gasteiger partial charge in [-0.25, -0.2) is 4.79 Å². The number of aryl methyl sites for hydroxylation is 1. The van der Waals surface area contributed by atoms with E-state index in [1.807, 2.05) is 36.1 Å².